The molecule has 2 aliphatic heterocycles. The van der Waals surface area contributed by atoms with Gasteiger partial charge in [0.2, 0.25) is 0 Å². The van der Waals surface area contributed by atoms with E-state index in [1.165, 1.54) is 0 Å². The number of alkyl halides is 11. The number of rotatable bonds is 2. The van der Waals surface area contributed by atoms with Crippen molar-refractivity contribution in [2.75, 3.05) is 26.2 Å². The van der Waals surface area contributed by atoms with Gasteiger partial charge < -0.3 is 15.1 Å². The number of nitrogens with zero attached hydrogens (tertiary/aromatic N) is 3. The first-order chi connectivity index (χ1) is 13.6. The molecule has 0 aromatic rings. The van der Waals surface area contributed by atoms with Crippen molar-refractivity contribution < 1.29 is 66.1 Å². The predicted octanol–water partition coefficient (Wildman–Crippen LogP) is 4.02. The van der Waals surface area contributed by atoms with E-state index in [9.17, 15) is 61.8 Å². The number of aliphatic imine (C=N–C) groups is 1. The van der Waals surface area contributed by atoms with Crippen molar-refractivity contribution in [1.29, 1.82) is 0 Å². The first-order valence-electron chi connectivity index (χ1n) is 8.01. The summed E-state index contributed by atoms with van der Waals surface area (Å²) in [5.74, 6) is -15.4. The van der Waals surface area contributed by atoms with Gasteiger partial charge in [0, 0.05) is 25.3 Å². The Balaban J connectivity index is -0.000000194. The monoisotopic (exact) mass is 511 g/mol. The van der Waals surface area contributed by atoms with Crippen LogP contribution in [0, 0.1) is 0 Å². The highest BCUT2D eigenvalue weighted by molar-refractivity contribution is 7.95. The molecular weight excluding hydrogens is 487 g/mol. The summed E-state index contributed by atoms with van der Waals surface area (Å²) in [7, 11) is -5.33. The molecule has 0 spiro atoms. The van der Waals surface area contributed by atoms with Crippen LogP contribution in [0.4, 0.5) is 48.3 Å². The van der Waals surface area contributed by atoms with Gasteiger partial charge >= 0.3 is 33.5 Å². The molecule has 6 nitrogen and oxygen atoms in total. The minimum absolute atomic E-state index is 0. The Morgan fingerprint density at radius 1 is 1.06 bits per heavy atom. The fourth-order valence-corrected chi connectivity index (χ4v) is 2.64. The minimum Gasteiger partial charge on any atom is -0.858 e. The average molecular weight is 511 g/mol. The molecular formula is C13H18F11N3O3S. The second-order valence-corrected chi connectivity index (χ2v) is 7.55. The molecule has 0 aromatic carbocycles. The second kappa shape index (κ2) is 10.0. The van der Waals surface area contributed by atoms with Gasteiger partial charge in [-0.1, -0.05) is 13.5 Å². The second-order valence-electron chi connectivity index (χ2n) is 5.83. The molecule has 2 rings (SSSR count). The standard InChI is InChI=1S/C5H5F4NO.C4H4F4NO2S.C4H7F3N/c6-4(7)1-2-10-3(11)5(4,8)9;5-3(6)1-2-9-12(10,11)4(3,7)8;1-2-8-3-4(5,6)7/h1-2H2,(H,10,11);1-2H2;2-3H2,1H3/q;2*-1/p+2/i/hT3. The largest absolute Gasteiger partial charge is 1.00 e. The zero-order chi connectivity index (χ0) is 24.9. The van der Waals surface area contributed by atoms with E-state index in [1.807, 2.05) is 0 Å². The molecule has 0 radical (unpaired) electrons. The molecule has 186 valence electrons. The molecule has 0 amide bonds. The third kappa shape index (κ3) is 7.58. The Hall–Kier alpha value is -1.43. The molecule has 31 heavy (non-hydrogen) atoms. The summed E-state index contributed by atoms with van der Waals surface area (Å²) in [5.41, 5.74) is 0. The van der Waals surface area contributed by atoms with Crippen LogP contribution in [0.1, 0.15) is 24.0 Å². The molecule has 1 saturated heterocycles. The molecule has 0 unspecified atom stereocenters. The van der Waals surface area contributed by atoms with Crippen molar-refractivity contribution in [1.82, 2.24) is 0 Å². The summed E-state index contributed by atoms with van der Waals surface area (Å²) in [5, 5.41) is 8.20. The fraction of sp³-hybridized carbons (Fsp3) is 0.923. The van der Waals surface area contributed by atoms with Crippen molar-refractivity contribution >= 4 is 15.9 Å². The highest BCUT2D eigenvalue weighted by atomic mass is 32.2. The summed E-state index contributed by atoms with van der Waals surface area (Å²) in [6.45, 7) is -0.513. The van der Waals surface area contributed by atoms with Crippen molar-refractivity contribution in [2.24, 2.45) is 4.99 Å². The van der Waals surface area contributed by atoms with Crippen LogP contribution < -0.4 is 5.11 Å². The highest BCUT2D eigenvalue weighted by Crippen LogP contribution is 2.46. The molecule has 0 N–H and O–H groups in total. The molecule has 0 aliphatic carbocycles. The molecule has 1 fully saturated rings. The van der Waals surface area contributed by atoms with Crippen LogP contribution in [0.3, 0.4) is 0 Å². The van der Waals surface area contributed by atoms with Gasteiger partial charge in [-0.2, -0.15) is 54.8 Å². The van der Waals surface area contributed by atoms with E-state index in [0.717, 1.165) is 0 Å². The summed E-state index contributed by atoms with van der Waals surface area (Å²) in [6, 6.07) is 0. The molecule has 2 aliphatic rings. The Labute approximate surface area is 173 Å². The highest BCUT2D eigenvalue weighted by Gasteiger charge is 2.62. The zero-order valence-electron chi connectivity index (χ0n) is 18.4. The number of halogens is 11. The van der Waals surface area contributed by atoms with Crippen molar-refractivity contribution in [3.63, 3.8) is 0 Å². The lowest BCUT2D eigenvalue weighted by atomic mass is 10.1. The van der Waals surface area contributed by atoms with Crippen LogP contribution in [-0.2, 0) is 10.0 Å². The minimum atomic E-state index is -5.33. The van der Waals surface area contributed by atoms with Gasteiger partial charge in [-0.05, 0) is 0 Å². The molecule has 0 bridgehead atoms. The van der Waals surface area contributed by atoms with E-state index in [1.54, 1.807) is 6.92 Å². The first-order valence-corrected chi connectivity index (χ1v) is 9.45. The molecule has 0 atom stereocenters. The van der Waals surface area contributed by atoms with Crippen molar-refractivity contribution in [3.05, 3.63) is 10.0 Å². The van der Waals surface area contributed by atoms with Gasteiger partial charge in [0.05, 0.1) is 0 Å². The number of sulfonamides is 1. The van der Waals surface area contributed by atoms with Gasteiger partial charge in [-0.25, -0.2) is 8.42 Å². The van der Waals surface area contributed by atoms with Crippen LogP contribution >= 0.6 is 0 Å². The maximum absolute atomic E-state index is 12.3. The van der Waals surface area contributed by atoms with Gasteiger partial charge in [0.25, 0.3) is 0 Å². The van der Waals surface area contributed by atoms with Crippen molar-refractivity contribution in [2.45, 2.75) is 49.0 Å². The molecule has 0 saturated carbocycles. The Kier molecular flexibility index (Phi) is 9.55. The van der Waals surface area contributed by atoms with Crippen LogP contribution in [-0.4, -0.2) is 69.7 Å². The Morgan fingerprint density at radius 2 is 1.58 bits per heavy atom. The fourth-order valence-electron chi connectivity index (χ4n) is 1.67. The van der Waals surface area contributed by atoms with E-state index in [4.69, 9.17) is 0 Å². The zero-order valence-corrected chi connectivity index (χ0v) is 16.2. The molecule has 0 aromatic heterocycles. The van der Waals surface area contributed by atoms with E-state index < -0.39 is 77.6 Å². The smallest absolute Gasteiger partial charge is 0.858 e. The van der Waals surface area contributed by atoms with Crippen molar-refractivity contribution in [3.8, 4) is 0 Å². The maximum Gasteiger partial charge on any atom is 1.00 e. The normalized spacial score (nSPS) is 25.1. The summed E-state index contributed by atoms with van der Waals surface area (Å²) in [4.78, 5) is 2.71. The third-order valence-corrected chi connectivity index (χ3v) is 4.83. The molecule has 2 heterocycles. The SMILES string of the molecule is CC[N-]CC(F)(F)F.O=S1(=O)[N-]CCC(F)(F)C1(F)F.[3H+].[3H+].[3H+].[O-]C1=NCCC(F)(F)C1(F)F. The van der Waals surface area contributed by atoms with Gasteiger partial charge in [0.1, 0.15) is 10.0 Å². The van der Waals surface area contributed by atoms with Crippen LogP contribution in [0.25, 0.3) is 10.0 Å². The summed E-state index contributed by atoms with van der Waals surface area (Å²) in [6.07, 6.45) is -6.42. The van der Waals surface area contributed by atoms with Gasteiger partial charge in [0.15, 0.2) is 0 Å². The molecule has 18 heteroatoms. The van der Waals surface area contributed by atoms with Crippen LogP contribution in [0.5, 0.6) is 0 Å². The lowest BCUT2D eigenvalue weighted by Gasteiger charge is -2.38. The number of hydrogen-bond donors (Lipinski definition) is 0. The predicted molar refractivity (Wildman–Crippen MR) is 86.6 cm³/mol. The lowest BCUT2D eigenvalue weighted by molar-refractivity contribution is -0.280. The maximum atomic E-state index is 12.3. The lowest BCUT2D eigenvalue weighted by Crippen LogP contribution is -2.55. The average Bonchev–Trinajstić information content (AvgIpc) is 2.57. The van der Waals surface area contributed by atoms with E-state index in [0.29, 0.717) is 0 Å². The van der Waals surface area contributed by atoms with Crippen LogP contribution in [0.2, 0.25) is 0 Å². The Bertz CT molecular complexity index is 739. The summed E-state index contributed by atoms with van der Waals surface area (Å²) >= 11 is 0. The number of hydrogen-bond acceptors (Lipinski definition) is 4. The first kappa shape index (κ1) is 29.6. The van der Waals surface area contributed by atoms with Crippen LogP contribution in [0.15, 0.2) is 4.99 Å². The summed E-state index contributed by atoms with van der Waals surface area (Å²) < 4.78 is 155. The van der Waals surface area contributed by atoms with Gasteiger partial charge in [-0.3, -0.25) is 4.99 Å². The van der Waals surface area contributed by atoms with E-state index in [-0.39, 0.29) is 10.8 Å². The quantitative estimate of drug-likeness (QED) is 0.524. The van der Waals surface area contributed by atoms with Gasteiger partial charge in [-0.15, -0.1) is 6.54 Å². The van der Waals surface area contributed by atoms with E-state index >= 15 is 0 Å². The Morgan fingerprint density at radius 3 is 1.87 bits per heavy atom. The topological polar surface area (TPSA) is 97.8 Å². The third-order valence-electron chi connectivity index (χ3n) is 3.36. The van der Waals surface area contributed by atoms with E-state index in [2.05, 4.69) is 15.0 Å².